The van der Waals surface area contributed by atoms with E-state index in [1.165, 1.54) is 12.5 Å². The number of hydrogen-bond acceptors (Lipinski definition) is 3. The van der Waals surface area contributed by atoms with E-state index < -0.39 is 0 Å². The average Bonchev–Trinajstić information content (AvgIpc) is 2.64. The summed E-state index contributed by atoms with van der Waals surface area (Å²) in [5.74, 6) is 0. The molecule has 1 saturated carbocycles. The van der Waals surface area contributed by atoms with Crippen molar-refractivity contribution in [3.63, 3.8) is 0 Å². The summed E-state index contributed by atoms with van der Waals surface area (Å²) < 4.78 is 11.9. The summed E-state index contributed by atoms with van der Waals surface area (Å²) in [5, 5.41) is 0. The lowest BCUT2D eigenvalue weighted by atomic mass is 10.0. The van der Waals surface area contributed by atoms with Crippen molar-refractivity contribution in [3.8, 4) is 0 Å². The van der Waals surface area contributed by atoms with Crippen LogP contribution in [0.15, 0.2) is 12.2 Å². The summed E-state index contributed by atoms with van der Waals surface area (Å²) >= 11 is 0. The minimum absolute atomic E-state index is 0.245. The van der Waals surface area contributed by atoms with Crippen molar-refractivity contribution in [1.82, 2.24) is 0 Å². The Hall–Kier alpha value is -0.670. The molecule has 1 heterocycles. The maximum absolute atomic E-state index is 10.2. The summed E-state index contributed by atoms with van der Waals surface area (Å²) in [5.41, 5.74) is -0.245. The van der Waals surface area contributed by atoms with Gasteiger partial charge in [0.05, 0.1) is 24.4 Å². The predicted octanol–water partition coefficient (Wildman–Crippen LogP) is 1.86. The van der Waals surface area contributed by atoms with Gasteiger partial charge in [-0.2, -0.15) is 0 Å². The van der Waals surface area contributed by atoms with E-state index in [2.05, 4.69) is 6.92 Å². The molecule has 0 N–H and O–H groups in total. The largest absolute Gasteiger partial charge is 0.373 e. The minimum Gasteiger partial charge on any atom is -0.373 e. The van der Waals surface area contributed by atoms with Gasteiger partial charge in [0.25, 0.3) is 0 Å². The number of carbonyl (C=O) groups excluding carboxylic acids is 1. The maximum Gasteiger partial charge on any atom is 0.142 e. The highest BCUT2D eigenvalue weighted by molar-refractivity contribution is 5.64. The summed E-state index contributed by atoms with van der Waals surface area (Å²) in [4.78, 5) is 10.2. The van der Waals surface area contributed by atoms with Crippen molar-refractivity contribution in [2.24, 2.45) is 0 Å². The Morgan fingerprint density at radius 2 is 2.20 bits per heavy atom. The van der Waals surface area contributed by atoms with E-state index >= 15 is 0 Å². The van der Waals surface area contributed by atoms with Crippen LogP contribution in [-0.2, 0) is 14.3 Å². The van der Waals surface area contributed by atoms with Crippen molar-refractivity contribution in [1.29, 1.82) is 0 Å². The van der Waals surface area contributed by atoms with Crippen LogP contribution in [0, 0.1) is 0 Å². The van der Waals surface area contributed by atoms with Gasteiger partial charge in [0.15, 0.2) is 0 Å². The normalized spacial score (nSPS) is 40.6. The molecule has 0 radical (unpaired) electrons. The van der Waals surface area contributed by atoms with E-state index in [9.17, 15) is 4.79 Å². The highest BCUT2D eigenvalue weighted by atomic mass is 16.6. The van der Waals surface area contributed by atoms with Crippen LogP contribution in [0.1, 0.15) is 32.6 Å². The van der Waals surface area contributed by atoms with Crippen molar-refractivity contribution < 1.29 is 14.3 Å². The fourth-order valence-corrected chi connectivity index (χ4v) is 2.38. The number of aldehydes is 1. The van der Waals surface area contributed by atoms with Crippen LogP contribution >= 0.6 is 0 Å². The van der Waals surface area contributed by atoms with Gasteiger partial charge in [-0.15, -0.1) is 0 Å². The second-order valence-corrected chi connectivity index (χ2v) is 4.65. The monoisotopic (exact) mass is 210 g/mol. The SMILES string of the molecule is C[C@]1(C/C=C/C=O)CO[C@@H]2CCC[C@H]2O1. The molecule has 0 bridgehead atoms. The van der Waals surface area contributed by atoms with Crippen molar-refractivity contribution in [2.75, 3.05) is 6.61 Å². The zero-order valence-corrected chi connectivity index (χ0v) is 9.15. The Balaban J connectivity index is 1.92. The number of carbonyl (C=O) groups is 1. The van der Waals surface area contributed by atoms with Gasteiger partial charge in [-0.25, -0.2) is 0 Å². The molecule has 3 heteroatoms. The van der Waals surface area contributed by atoms with Crippen LogP contribution in [0.4, 0.5) is 0 Å². The molecular formula is C12H18O3. The van der Waals surface area contributed by atoms with Crippen molar-refractivity contribution in [3.05, 3.63) is 12.2 Å². The molecule has 1 aliphatic carbocycles. The smallest absolute Gasteiger partial charge is 0.142 e. The number of allylic oxidation sites excluding steroid dienone is 1. The molecule has 0 amide bonds. The van der Waals surface area contributed by atoms with E-state index in [1.54, 1.807) is 0 Å². The molecule has 2 fully saturated rings. The molecule has 0 aromatic heterocycles. The quantitative estimate of drug-likeness (QED) is 0.527. The zero-order valence-electron chi connectivity index (χ0n) is 9.15. The highest BCUT2D eigenvalue weighted by Gasteiger charge is 2.40. The van der Waals surface area contributed by atoms with E-state index in [1.807, 2.05) is 6.08 Å². The van der Waals surface area contributed by atoms with Gasteiger partial charge >= 0.3 is 0 Å². The molecule has 1 aliphatic heterocycles. The van der Waals surface area contributed by atoms with Gasteiger partial charge in [0, 0.05) is 0 Å². The Morgan fingerprint density at radius 1 is 1.40 bits per heavy atom. The van der Waals surface area contributed by atoms with Gasteiger partial charge in [0.2, 0.25) is 0 Å². The molecule has 0 aromatic rings. The minimum atomic E-state index is -0.245. The Bertz CT molecular complexity index is 262. The Morgan fingerprint density at radius 3 is 3.00 bits per heavy atom. The molecular weight excluding hydrogens is 192 g/mol. The number of ether oxygens (including phenoxy) is 2. The van der Waals surface area contributed by atoms with Crippen LogP contribution < -0.4 is 0 Å². The molecule has 0 spiro atoms. The third kappa shape index (κ3) is 2.47. The average molecular weight is 210 g/mol. The van der Waals surface area contributed by atoms with Gasteiger partial charge < -0.3 is 9.47 Å². The third-order valence-corrected chi connectivity index (χ3v) is 3.19. The predicted molar refractivity (Wildman–Crippen MR) is 56.7 cm³/mol. The van der Waals surface area contributed by atoms with Gasteiger partial charge in [-0.05, 0) is 38.7 Å². The lowest BCUT2D eigenvalue weighted by Gasteiger charge is -2.40. The van der Waals surface area contributed by atoms with Crippen LogP contribution in [0.25, 0.3) is 0 Å². The molecule has 15 heavy (non-hydrogen) atoms. The standard InChI is InChI=1S/C12H18O3/c1-12(7-2-3-8-13)9-14-10-5-4-6-11(10)15-12/h2-3,8,10-11H,4-7,9H2,1H3/b3-2+/t10-,11-,12+/m1/s1. The van der Waals surface area contributed by atoms with E-state index in [0.717, 1.165) is 25.5 Å². The van der Waals surface area contributed by atoms with Crippen LogP contribution in [0.5, 0.6) is 0 Å². The first-order valence-corrected chi connectivity index (χ1v) is 5.63. The van der Waals surface area contributed by atoms with E-state index in [-0.39, 0.29) is 11.7 Å². The second kappa shape index (κ2) is 4.45. The number of hydrogen-bond donors (Lipinski definition) is 0. The van der Waals surface area contributed by atoms with E-state index in [0.29, 0.717) is 12.7 Å². The molecule has 0 unspecified atom stereocenters. The lowest BCUT2D eigenvalue weighted by molar-refractivity contribution is -0.213. The van der Waals surface area contributed by atoms with Gasteiger partial charge in [0.1, 0.15) is 6.29 Å². The Kier molecular flexibility index (Phi) is 3.22. The fourth-order valence-electron chi connectivity index (χ4n) is 2.38. The third-order valence-electron chi connectivity index (χ3n) is 3.19. The first-order chi connectivity index (χ1) is 7.23. The van der Waals surface area contributed by atoms with Crippen molar-refractivity contribution >= 4 is 6.29 Å². The first-order valence-electron chi connectivity index (χ1n) is 5.63. The summed E-state index contributed by atoms with van der Waals surface area (Å²) in [6.07, 6.45) is 8.95. The summed E-state index contributed by atoms with van der Waals surface area (Å²) in [6, 6.07) is 0. The summed E-state index contributed by atoms with van der Waals surface area (Å²) in [7, 11) is 0. The maximum atomic E-state index is 10.2. The lowest BCUT2D eigenvalue weighted by Crippen LogP contribution is -2.47. The van der Waals surface area contributed by atoms with Crippen LogP contribution in [-0.4, -0.2) is 30.7 Å². The first kappa shape index (κ1) is 10.8. The van der Waals surface area contributed by atoms with Gasteiger partial charge in [-0.3, -0.25) is 4.79 Å². The molecule has 3 nitrogen and oxygen atoms in total. The highest BCUT2D eigenvalue weighted by Crippen LogP contribution is 2.35. The fraction of sp³-hybridized carbons (Fsp3) is 0.750. The Labute approximate surface area is 90.4 Å². The van der Waals surface area contributed by atoms with Gasteiger partial charge in [-0.1, -0.05) is 6.08 Å². The second-order valence-electron chi connectivity index (χ2n) is 4.65. The van der Waals surface area contributed by atoms with Crippen LogP contribution in [0.2, 0.25) is 0 Å². The molecule has 84 valence electrons. The molecule has 2 aliphatic rings. The molecule has 1 saturated heterocycles. The topological polar surface area (TPSA) is 35.5 Å². The number of fused-ring (bicyclic) bond motifs is 1. The van der Waals surface area contributed by atoms with Crippen molar-refractivity contribution in [2.45, 2.75) is 50.4 Å². The van der Waals surface area contributed by atoms with E-state index in [4.69, 9.17) is 9.47 Å². The molecule has 0 aromatic carbocycles. The molecule has 2 rings (SSSR count). The van der Waals surface area contributed by atoms with Crippen LogP contribution in [0.3, 0.4) is 0 Å². The number of rotatable bonds is 3. The molecule has 3 atom stereocenters. The zero-order chi connectivity index (χ0) is 10.7. The summed E-state index contributed by atoms with van der Waals surface area (Å²) in [6.45, 7) is 2.69.